The van der Waals surface area contributed by atoms with Crippen LogP contribution in [0.1, 0.15) is 32.6 Å². The van der Waals surface area contributed by atoms with Crippen molar-refractivity contribution in [1.29, 1.82) is 0 Å². The summed E-state index contributed by atoms with van der Waals surface area (Å²) in [6.45, 7) is 2.21. The summed E-state index contributed by atoms with van der Waals surface area (Å²) in [5.74, 6) is -0.164. The van der Waals surface area contributed by atoms with Crippen molar-refractivity contribution < 1.29 is 9.90 Å². The lowest BCUT2D eigenvalue weighted by Gasteiger charge is -2.36. The van der Waals surface area contributed by atoms with E-state index >= 15 is 0 Å². The summed E-state index contributed by atoms with van der Waals surface area (Å²) in [5, 5.41) is 12.3. The van der Waals surface area contributed by atoms with E-state index in [1.807, 2.05) is 6.92 Å². The Balaban J connectivity index is 2.21. The average molecular weight is 186 g/mol. The molecule has 0 aromatic rings. The van der Waals surface area contributed by atoms with Gasteiger partial charge in [-0.05, 0) is 25.7 Å². The lowest BCUT2D eigenvalue weighted by Crippen LogP contribution is -2.51. The Morgan fingerprint density at radius 2 is 2.31 bits per heavy atom. The normalized spacial score (nSPS) is 21.8. The van der Waals surface area contributed by atoms with Crippen LogP contribution in [0.15, 0.2) is 0 Å². The van der Waals surface area contributed by atoms with Gasteiger partial charge >= 0.3 is 0 Å². The first-order chi connectivity index (χ1) is 6.07. The van der Waals surface area contributed by atoms with Crippen molar-refractivity contribution in [3.63, 3.8) is 0 Å². The van der Waals surface area contributed by atoms with Crippen molar-refractivity contribution in [2.45, 2.75) is 44.2 Å². The first-order valence-electron chi connectivity index (χ1n) is 4.83. The molecule has 1 aliphatic rings. The molecule has 4 nitrogen and oxygen atoms in total. The minimum Gasteiger partial charge on any atom is -0.388 e. The third kappa shape index (κ3) is 2.67. The molecular weight excluding hydrogens is 168 g/mol. The Labute approximate surface area is 78.5 Å². The molecule has 1 atom stereocenters. The minimum absolute atomic E-state index is 0.164. The predicted octanol–water partition coefficient (Wildman–Crippen LogP) is -0.245. The van der Waals surface area contributed by atoms with E-state index < -0.39 is 11.6 Å². The lowest BCUT2D eigenvalue weighted by atomic mass is 9.80. The third-order valence-corrected chi connectivity index (χ3v) is 2.65. The monoisotopic (exact) mass is 186 g/mol. The molecule has 4 heteroatoms. The lowest BCUT2D eigenvalue weighted by molar-refractivity contribution is -0.124. The van der Waals surface area contributed by atoms with E-state index in [1.165, 1.54) is 0 Å². The largest absolute Gasteiger partial charge is 0.388 e. The predicted molar refractivity (Wildman–Crippen MR) is 50.1 cm³/mol. The second-order valence-electron chi connectivity index (χ2n) is 3.81. The summed E-state index contributed by atoms with van der Waals surface area (Å²) < 4.78 is 0. The standard InChI is InChI=1S/C9H18N2O2/c1-2-7(10)8(12)11-6-9(13)4-3-5-9/h7,13H,2-6,10H2,1H3,(H,11,12)/t7-/m0/s1. The van der Waals surface area contributed by atoms with Crippen LogP contribution in [0.25, 0.3) is 0 Å². The van der Waals surface area contributed by atoms with Gasteiger partial charge in [-0.15, -0.1) is 0 Å². The van der Waals surface area contributed by atoms with Crippen LogP contribution in [0, 0.1) is 0 Å². The number of amides is 1. The van der Waals surface area contributed by atoms with Crippen LogP contribution >= 0.6 is 0 Å². The Morgan fingerprint density at radius 3 is 2.69 bits per heavy atom. The molecule has 1 rings (SSSR count). The van der Waals surface area contributed by atoms with Gasteiger partial charge in [-0.3, -0.25) is 4.79 Å². The quantitative estimate of drug-likeness (QED) is 0.567. The molecule has 1 amide bonds. The van der Waals surface area contributed by atoms with Crippen molar-refractivity contribution in [1.82, 2.24) is 5.32 Å². The maximum atomic E-state index is 11.2. The first kappa shape index (κ1) is 10.5. The first-order valence-corrected chi connectivity index (χ1v) is 4.83. The van der Waals surface area contributed by atoms with Crippen LogP contribution in [-0.4, -0.2) is 29.2 Å². The molecule has 76 valence electrons. The molecule has 0 aromatic heterocycles. The van der Waals surface area contributed by atoms with Gasteiger partial charge < -0.3 is 16.2 Å². The molecule has 0 spiro atoms. The van der Waals surface area contributed by atoms with Gasteiger partial charge in [0.05, 0.1) is 11.6 Å². The van der Waals surface area contributed by atoms with E-state index in [1.54, 1.807) is 0 Å². The maximum Gasteiger partial charge on any atom is 0.237 e. The number of hydrogen-bond acceptors (Lipinski definition) is 3. The van der Waals surface area contributed by atoms with Crippen LogP contribution in [0.4, 0.5) is 0 Å². The van der Waals surface area contributed by atoms with Crippen molar-refractivity contribution in [3.8, 4) is 0 Å². The number of aliphatic hydroxyl groups is 1. The third-order valence-electron chi connectivity index (χ3n) is 2.65. The Hall–Kier alpha value is -0.610. The minimum atomic E-state index is -0.650. The van der Waals surface area contributed by atoms with Gasteiger partial charge in [0.25, 0.3) is 0 Å². The number of carbonyl (C=O) groups excluding carboxylic acids is 1. The van der Waals surface area contributed by atoms with Crippen molar-refractivity contribution >= 4 is 5.91 Å². The fourth-order valence-corrected chi connectivity index (χ4v) is 1.33. The molecule has 0 saturated heterocycles. The molecule has 0 heterocycles. The van der Waals surface area contributed by atoms with Gasteiger partial charge in [-0.2, -0.15) is 0 Å². The number of nitrogens with one attached hydrogen (secondary N) is 1. The molecule has 13 heavy (non-hydrogen) atoms. The summed E-state index contributed by atoms with van der Waals surface area (Å²) in [4.78, 5) is 11.2. The highest BCUT2D eigenvalue weighted by atomic mass is 16.3. The summed E-state index contributed by atoms with van der Waals surface area (Å²) in [6, 6.07) is -0.441. The van der Waals surface area contributed by atoms with Gasteiger partial charge in [0.15, 0.2) is 0 Å². The number of nitrogens with two attached hydrogens (primary N) is 1. The second kappa shape index (κ2) is 4.07. The van der Waals surface area contributed by atoms with Gasteiger partial charge in [-0.1, -0.05) is 6.92 Å². The highest BCUT2D eigenvalue weighted by molar-refractivity contribution is 5.81. The van der Waals surface area contributed by atoms with Crippen molar-refractivity contribution in [3.05, 3.63) is 0 Å². The maximum absolute atomic E-state index is 11.2. The number of rotatable bonds is 4. The zero-order chi connectivity index (χ0) is 9.90. The summed E-state index contributed by atoms with van der Waals surface area (Å²) in [5.41, 5.74) is 4.86. The smallest absolute Gasteiger partial charge is 0.237 e. The fraction of sp³-hybridized carbons (Fsp3) is 0.889. The van der Waals surface area contributed by atoms with Crippen molar-refractivity contribution in [2.24, 2.45) is 5.73 Å². The van der Waals surface area contributed by atoms with Crippen LogP contribution < -0.4 is 11.1 Å². The second-order valence-corrected chi connectivity index (χ2v) is 3.81. The van der Waals surface area contributed by atoms with Crippen molar-refractivity contribution in [2.75, 3.05) is 6.54 Å². The summed E-state index contributed by atoms with van der Waals surface area (Å²) in [7, 11) is 0. The fourth-order valence-electron chi connectivity index (χ4n) is 1.33. The number of hydrogen-bond donors (Lipinski definition) is 3. The van der Waals surface area contributed by atoms with Crippen LogP contribution in [0.2, 0.25) is 0 Å². The highest BCUT2D eigenvalue weighted by Crippen LogP contribution is 2.30. The van der Waals surface area contributed by atoms with Gasteiger partial charge in [0.1, 0.15) is 0 Å². The topological polar surface area (TPSA) is 75.4 Å². The Morgan fingerprint density at radius 1 is 1.69 bits per heavy atom. The molecular formula is C9H18N2O2. The van der Waals surface area contributed by atoms with Crippen LogP contribution in [0.5, 0.6) is 0 Å². The van der Waals surface area contributed by atoms with Crippen LogP contribution in [0.3, 0.4) is 0 Å². The average Bonchev–Trinajstić information content (AvgIpc) is 2.09. The molecule has 0 aliphatic heterocycles. The molecule has 0 radical (unpaired) electrons. The van der Waals surface area contributed by atoms with E-state index in [0.717, 1.165) is 19.3 Å². The van der Waals surface area contributed by atoms with Crippen LogP contribution in [-0.2, 0) is 4.79 Å². The zero-order valence-electron chi connectivity index (χ0n) is 8.05. The molecule has 4 N–H and O–H groups in total. The van der Waals surface area contributed by atoms with Gasteiger partial charge in [-0.25, -0.2) is 0 Å². The zero-order valence-corrected chi connectivity index (χ0v) is 8.05. The molecule has 1 fully saturated rings. The Kier molecular flexibility index (Phi) is 3.27. The highest BCUT2D eigenvalue weighted by Gasteiger charge is 2.34. The summed E-state index contributed by atoms with van der Waals surface area (Å²) in [6.07, 6.45) is 3.25. The van der Waals surface area contributed by atoms with Gasteiger partial charge in [0, 0.05) is 6.54 Å². The van der Waals surface area contributed by atoms with Gasteiger partial charge in [0.2, 0.25) is 5.91 Å². The summed E-state index contributed by atoms with van der Waals surface area (Å²) >= 11 is 0. The van der Waals surface area contributed by atoms with E-state index in [4.69, 9.17) is 5.73 Å². The molecule has 0 aromatic carbocycles. The molecule has 0 unspecified atom stereocenters. The molecule has 0 bridgehead atoms. The molecule has 1 aliphatic carbocycles. The van der Waals surface area contributed by atoms with E-state index in [0.29, 0.717) is 13.0 Å². The van der Waals surface area contributed by atoms with E-state index in [-0.39, 0.29) is 5.91 Å². The van der Waals surface area contributed by atoms with E-state index in [2.05, 4.69) is 5.32 Å². The Bertz CT molecular complexity index is 190. The number of carbonyl (C=O) groups is 1. The van der Waals surface area contributed by atoms with E-state index in [9.17, 15) is 9.90 Å². The molecule has 1 saturated carbocycles. The SMILES string of the molecule is CC[C@H](N)C(=O)NCC1(O)CCC1.